The summed E-state index contributed by atoms with van der Waals surface area (Å²) in [6.07, 6.45) is 11.1. The first kappa shape index (κ1) is 24.2. The predicted molar refractivity (Wildman–Crippen MR) is 131 cm³/mol. The molecular weight excluding hydrogens is 447 g/mol. The topological polar surface area (TPSA) is 59.3 Å². The summed E-state index contributed by atoms with van der Waals surface area (Å²) >= 11 is 0. The molecule has 0 amide bonds. The van der Waals surface area contributed by atoms with Crippen LogP contribution in [0.2, 0.25) is 0 Å². The van der Waals surface area contributed by atoms with Gasteiger partial charge in [0.05, 0.1) is 24.8 Å². The predicted octanol–water partition coefficient (Wildman–Crippen LogP) is 3.29. The highest BCUT2D eigenvalue weighted by molar-refractivity contribution is 5.87. The molecule has 1 saturated heterocycles. The van der Waals surface area contributed by atoms with E-state index < -0.39 is 0 Å². The van der Waals surface area contributed by atoms with Gasteiger partial charge in [-0.15, -0.1) is 24.8 Å². The van der Waals surface area contributed by atoms with Crippen molar-refractivity contribution in [3.8, 4) is 11.5 Å². The van der Waals surface area contributed by atoms with E-state index in [2.05, 4.69) is 16.0 Å². The molecule has 0 aliphatic carbocycles. The molecule has 170 valence electrons. The first-order valence-corrected chi connectivity index (χ1v) is 10.6. The zero-order valence-corrected chi connectivity index (χ0v) is 19.7. The van der Waals surface area contributed by atoms with Gasteiger partial charge in [-0.25, -0.2) is 4.99 Å². The summed E-state index contributed by atoms with van der Waals surface area (Å²) in [6, 6.07) is 7.92. The Morgan fingerprint density at radius 2 is 1.97 bits per heavy atom. The SMILES string of the molecule is COc1cc2c(cc1OCCCN1CCCC1)=NC1=CC=NC(c3cccnc3)C=21.Cl.Cl. The number of hydrogen-bond donors (Lipinski definition) is 0. The fraction of sp³-hybridized carbons (Fsp3) is 0.375. The van der Waals surface area contributed by atoms with E-state index in [-0.39, 0.29) is 30.9 Å². The summed E-state index contributed by atoms with van der Waals surface area (Å²) in [5.74, 6) is 1.48. The molecule has 2 aromatic rings. The van der Waals surface area contributed by atoms with E-state index in [9.17, 15) is 0 Å². The van der Waals surface area contributed by atoms with Crippen LogP contribution in [0.15, 0.2) is 58.4 Å². The molecule has 1 aromatic heterocycles. The third-order valence-corrected chi connectivity index (χ3v) is 5.91. The van der Waals surface area contributed by atoms with Gasteiger partial charge in [0.25, 0.3) is 0 Å². The van der Waals surface area contributed by atoms with Crippen LogP contribution >= 0.6 is 24.8 Å². The van der Waals surface area contributed by atoms with Gasteiger partial charge in [0.15, 0.2) is 11.5 Å². The van der Waals surface area contributed by atoms with E-state index in [1.807, 2.05) is 36.7 Å². The van der Waals surface area contributed by atoms with Gasteiger partial charge in [-0.05, 0) is 56.1 Å². The van der Waals surface area contributed by atoms with Crippen LogP contribution in [0.3, 0.4) is 0 Å². The monoisotopic (exact) mass is 474 g/mol. The number of halogens is 2. The average Bonchev–Trinajstić information content (AvgIpc) is 3.43. The maximum Gasteiger partial charge on any atom is 0.163 e. The number of aromatic nitrogens is 1. The summed E-state index contributed by atoms with van der Waals surface area (Å²) in [6.45, 7) is 4.20. The van der Waals surface area contributed by atoms with Gasteiger partial charge in [-0.3, -0.25) is 9.98 Å². The molecule has 1 atom stereocenters. The minimum atomic E-state index is -0.111. The standard InChI is InChI=1S/C24H26N4O2.2ClH/c1-29-21-14-18-20(15-22(21)30-13-5-12-28-10-2-3-11-28)27-19-7-9-26-24(23(18)19)17-6-4-8-25-16-17;;/h4,6-9,14-16,24H,2-3,5,10-13H2,1H3;2*1H. The Bertz CT molecular complexity index is 1110. The number of hydrogen-bond acceptors (Lipinski definition) is 6. The molecule has 3 aliphatic heterocycles. The van der Waals surface area contributed by atoms with Crippen molar-refractivity contribution in [1.29, 1.82) is 0 Å². The van der Waals surface area contributed by atoms with Crippen molar-refractivity contribution in [2.24, 2.45) is 9.98 Å². The van der Waals surface area contributed by atoms with Gasteiger partial charge < -0.3 is 14.4 Å². The normalized spacial score (nSPS) is 18.6. The maximum atomic E-state index is 6.10. The van der Waals surface area contributed by atoms with Crippen molar-refractivity contribution in [2.45, 2.75) is 25.3 Å². The lowest BCUT2D eigenvalue weighted by Crippen LogP contribution is -2.26. The van der Waals surface area contributed by atoms with E-state index >= 15 is 0 Å². The Morgan fingerprint density at radius 1 is 1.12 bits per heavy atom. The fourth-order valence-corrected chi connectivity index (χ4v) is 4.41. The molecule has 0 saturated carbocycles. The highest BCUT2D eigenvalue weighted by atomic mass is 35.5. The summed E-state index contributed by atoms with van der Waals surface area (Å²) in [4.78, 5) is 16.3. The van der Waals surface area contributed by atoms with Crippen molar-refractivity contribution < 1.29 is 9.47 Å². The third-order valence-electron chi connectivity index (χ3n) is 5.91. The number of rotatable bonds is 7. The second-order valence-corrected chi connectivity index (χ2v) is 7.84. The summed E-state index contributed by atoms with van der Waals surface area (Å²) in [5, 5.41) is 1.96. The number of ether oxygens (including phenoxy) is 2. The Hall–Kier alpha value is -2.41. The Morgan fingerprint density at radius 3 is 2.72 bits per heavy atom. The van der Waals surface area contributed by atoms with Crippen LogP contribution in [0.25, 0.3) is 5.57 Å². The van der Waals surface area contributed by atoms with Crippen molar-refractivity contribution in [3.05, 3.63) is 64.6 Å². The second-order valence-electron chi connectivity index (χ2n) is 7.84. The fourth-order valence-electron chi connectivity index (χ4n) is 4.41. The number of benzene rings is 1. The van der Waals surface area contributed by atoms with Gasteiger partial charge in [0.1, 0.15) is 6.04 Å². The number of pyridine rings is 1. The van der Waals surface area contributed by atoms with E-state index in [0.29, 0.717) is 6.61 Å². The number of dihydropyridines is 1. The number of allylic oxidation sites excluding steroid dienone is 1. The maximum absolute atomic E-state index is 6.10. The van der Waals surface area contributed by atoms with Gasteiger partial charge in [-0.2, -0.15) is 0 Å². The molecule has 8 heteroatoms. The van der Waals surface area contributed by atoms with Gasteiger partial charge in [0, 0.05) is 42.0 Å². The lowest BCUT2D eigenvalue weighted by Gasteiger charge is -2.18. The molecule has 1 fully saturated rings. The number of nitrogens with zero attached hydrogens (tertiary/aromatic N) is 4. The van der Waals surface area contributed by atoms with Crippen molar-refractivity contribution in [1.82, 2.24) is 9.88 Å². The molecule has 4 heterocycles. The molecule has 32 heavy (non-hydrogen) atoms. The van der Waals surface area contributed by atoms with E-state index in [1.54, 1.807) is 13.3 Å². The lowest BCUT2D eigenvalue weighted by molar-refractivity contribution is 0.254. The zero-order valence-electron chi connectivity index (χ0n) is 18.1. The van der Waals surface area contributed by atoms with Crippen LogP contribution in [0.4, 0.5) is 0 Å². The molecular formula is C24H28Cl2N4O2. The Labute approximate surface area is 200 Å². The van der Waals surface area contributed by atoms with Crippen LogP contribution in [0, 0.1) is 0 Å². The molecule has 6 nitrogen and oxygen atoms in total. The third kappa shape index (κ3) is 4.82. The number of aliphatic imine (C=N–C) groups is 1. The second kappa shape index (κ2) is 10.9. The van der Waals surface area contributed by atoms with Gasteiger partial charge in [0.2, 0.25) is 0 Å². The van der Waals surface area contributed by atoms with Crippen molar-refractivity contribution in [3.63, 3.8) is 0 Å². The largest absolute Gasteiger partial charge is 0.493 e. The Kier molecular flexibility index (Phi) is 8.29. The molecule has 0 bridgehead atoms. The molecule has 0 spiro atoms. The molecule has 1 aromatic carbocycles. The molecule has 3 aliphatic rings. The number of fused-ring (bicyclic) bond motifs is 2. The lowest BCUT2D eigenvalue weighted by atomic mass is 9.95. The molecule has 0 radical (unpaired) electrons. The van der Waals surface area contributed by atoms with E-state index in [1.165, 1.54) is 25.9 Å². The minimum Gasteiger partial charge on any atom is -0.493 e. The average molecular weight is 475 g/mol. The minimum absolute atomic E-state index is 0. The molecule has 5 rings (SSSR count). The summed E-state index contributed by atoms with van der Waals surface area (Å²) < 4.78 is 11.8. The van der Waals surface area contributed by atoms with Crippen LogP contribution in [0.1, 0.15) is 30.9 Å². The quantitative estimate of drug-likeness (QED) is 0.577. The first-order chi connectivity index (χ1) is 14.8. The van der Waals surface area contributed by atoms with E-state index in [0.717, 1.165) is 51.9 Å². The highest BCUT2D eigenvalue weighted by Crippen LogP contribution is 2.35. The number of likely N-dealkylation sites (tertiary alicyclic amines) is 1. The van der Waals surface area contributed by atoms with Gasteiger partial charge in [-0.1, -0.05) is 6.07 Å². The van der Waals surface area contributed by atoms with Gasteiger partial charge >= 0.3 is 0 Å². The van der Waals surface area contributed by atoms with Crippen LogP contribution < -0.4 is 20.0 Å². The first-order valence-electron chi connectivity index (χ1n) is 10.6. The number of methoxy groups -OCH3 is 1. The van der Waals surface area contributed by atoms with Crippen LogP contribution in [0.5, 0.6) is 11.5 Å². The van der Waals surface area contributed by atoms with Crippen molar-refractivity contribution >= 4 is 36.6 Å². The zero-order chi connectivity index (χ0) is 20.3. The Balaban J connectivity index is 0.00000144. The summed E-state index contributed by atoms with van der Waals surface area (Å²) in [7, 11) is 1.68. The van der Waals surface area contributed by atoms with Crippen LogP contribution in [-0.4, -0.2) is 49.4 Å². The van der Waals surface area contributed by atoms with Crippen LogP contribution in [-0.2, 0) is 0 Å². The smallest absolute Gasteiger partial charge is 0.163 e. The highest BCUT2D eigenvalue weighted by Gasteiger charge is 2.26. The summed E-state index contributed by atoms with van der Waals surface area (Å²) in [5.41, 5.74) is 3.10. The van der Waals surface area contributed by atoms with Crippen molar-refractivity contribution in [2.75, 3.05) is 33.4 Å². The molecule has 1 unspecified atom stereocenters. The molecule has 0 N–H and O–H groups in total. The van der Waals surface area contributed by atoms with E-state index in [4.69, 9.17) is 19.5 Å².